The Balaban J connectivity index is 2.13. The van der Waals surface area contributed by atoms with Gasteiger partial charge in [0.05, 0.1) is 0 Å². The van der Waals surface area contributed by atoms with Gasteiger partial charge in [0.15, 0.2) is 0 Å². The molecule has 0 bridgehead atoms. The first-order valence-electron chi connectivity index (χ1n) is 6.08. The van der Waals surface area contributed by atoms with Crippen molar-refractivity contribution in [2.45, 2.75) is 38.6 Å². The maximum absolute atomic E-state index is 5.38. The minimum Gasteiger partial charge on any atom is -0.381 e. The molecule has 1 atom stereocenters. The standard InChI is InChI=1S/C12H24BrNO/c1-11(3-7-13)4-8-14(2)12-5-9-15-10-6-12/h11-12H,3-10H2,1-2H3. The Morgan fingerprint density at radius 1 is 1.33 bits per heavy atom. The minimum absolute atomic E-state index is 0.759. The summed E-state index contributed by atoms with van der Waals surface area (Å²) in [5.41, 5.74) is 0. The second kappa shape index (κ2) is 7.64. The molecule has 1 unspecified atom stereocenters. The van der Waals surface area contributed by atoms with Crippen molar-refractivity contribution in [2.75, 3.05) is 32.1 Å². The molecular weight excluding hydrogens is 254 g/mol. The van der Waals surface area contributed by atoms with Gasteiger partial charge in [-0.2, -0.15) is 0 Å². The van der Waals surface area contributed by atoms with Crippen LogP contribution >= 0.6 is 15.9 Å². The zero-order chi connectivity index (χ0) is 11.1. The number of hydrogen-bond donors (Lipinski definition) is 0. The van der Waals surface area contributed by atoms with Crippen LogP contribution in [0.4, 0.5) is 0 Å². The van der Waals surface area contributed by atoms with Crippen molar-refractivity contribution in [3.63, 3.8) is 0 Å². The summed E-state index contributed by atoms with van der Waals surface area (Å²) in [6.07, 6.45) is 5.04. The first kappa shape index (κ1) is 13.5. The SMILES string of the molecule is CC(CCBr)CCN(C)C1CCOCC1. The van der Waals surface area contributed by atoms with Crippen LogP contribution in [0.2, 0.25) is 0 Å². The number of nitrogens with zero attached hydrogens (tertiary/aromatic N) is 1. The molecule has 1 fully saturated rings. The molecule has 0 aromatic heterocycles. The van der Waals surface area contributed by atoms with Crippen LogP contribution in [0.15, 0.2) is 0 Å². The van der Waals surface area contributed by atoms with Crippen LogP contribution in [-0.2, 0) is 4.74 Å². The van der Waals surface area contributed by atoms with Gasteiger partial charge in [0.1, 0.15) is 0 Å². The van der Waals surface area contributed by atoms with E-state index >= 15 is 0 Å². The van der Waals surface area contributed by atoms with Gasteiger partial charge in [0.2, 0.25) is 0 Å². The van der Waals surface area contributed by atoms with E-state index in [-0.39, 0.29) is 0 Å². The summed E-state index contributed by atoms with van der Waals surface area (Å²) in [6.45, 7) is 5.48. The lowest BCUT2D eigenvalue weighted by atomic mass is 10.0. The molecule has 15 heavy (non-hydrogen) atoms. The molecule has 0 aromatic rings. The van der Waals surface area contributed by atoms with E-state index in [4.69, 9.17) is 4.74 Å². The van der Waals surface area contributed by atoms with Crippen molar-refractivity contribution in [1.29, 1.82) is 0 Å². The monoisotopic (exact) mass is 277 g/mol. The van der Waals surface area contributed by atoms with Gasteiger partial charge in [-0.1, -0.05) is 22.9 Å². The van der Waals surface area contributed by atoms with E-state index in [0.717, 1.165) is 30.5 Å². The van der Waals surface area contributed by atoms with Gasteiger partial charge in [-0.15, -0.1) is 0 Å². The van der Waals surface area contributed by atoms with Crippen molar-refractivity contribution < 1.29 is 4.74 Å². The van der Waals surface area contributed by atoms with Gasteiger partial charge in [-0.05, 0) is 45.2 Å². The van der Waals surface area contributed by atoms with Crippen molar-refractivity contribution in [2.24, 2.45) is 5.92 Å². The van der Waals surface area contributed by atoms with E-state index in [1.54, 1.807) is 0 Å². The average Bonchev–Trinajstić information content (AvgIpc) is 2.27. The van der Waals surface area contributed by atoms with Gasteiger partial charge in [0.25, 0.3) is 0 Å². The number of hydrogen-bond acceptors (Lipinski definition) is 2. The molecule has 1 heterocycles. The van der Waals surface area contributed by atoms with Gasteiger partial charge in [-0.3, -0.25) is 0 Å². The van der Waals surface area contributed by atoms with E-state index in [9.17, 15) is 0 Å². The molecule has 0 aromatic carbocycles. The molecule has 0 saturated carbocycles. The van der Waals surface area contributed by atoms with Crippen molar-refractivity contribution >= 4 is 15.9 Å². The first-order chi connectivity index (χ1) is 7.24. The topological polar surface area (TPSA) is 12.5 Å². The van der Waals surface area contributed by atoms with Crippen LogP contribution in [-0.4, -0.2) is 43.1 Å². The molecule has 1 rings (SSSR count). The lowest BCUT2D eigenvalue weighted by Crippen LogP contribution is -2.37. The van der Waals surface area contributed by atoms with Crippen LogP contribution in [0.25, 0.3) is 0 Å². The normalized spacial score (nSPS) is 20.8. The predicted octanol–water partition coefficient (Wildman–Crippen LogP) is 2.91. The third-order valence-electron chi connectivity index (χ3n) is 3.39. The third kappa shape index (κ3) is 5.32. The fourth-order valence-electron chi connectivity index (χ4n) is 2.06. The Morgan fingerprint density at radius 2 is 2.00 bits per heavy atom. The summed E-state index contributed by atoms with van der Waals surface area (Å²) >= 11 is 3.50. The van der Waals surface area contributed by atoms with Gasteiger partial charge < -0.3 is 9.64 Å². The molecule has 0 aliphatic carbocycles. The van der Waals surface area contributed by atoms with Gasteiger partial charge in [-0.25, -0.2) is 0 Å². The van der Waals surface area contributed by atoms with Crippen molar-refractivity contribution in [3.05, 3.63) is 0 Å². The first-order valence-corrected chi connectivity index (χ1v) is 7.20. The Hall–Kier alpha value is 0.400. The fourth-order valence-corrected chi connectivity index (χ4v) is 2.84. The largest absolute Gasteiger partial charge is 0.381 e. The van der Waals surface area contributed by atoms with E-state index in [1.807, 2.05) is 0 Å². The Labute approximate surface area is 102 Å². The lowest BCUT2D eigenvalue weighted by molar-refractivity contribution is 0.0416. The molecular formula is C12H24BrNO. The van der Waals surface area contributed by atoms with Crippen molar-refractivity contribution in [1.82, 2.24) is 4.90 Å². The molecule has 3 heteroatoms. The molecule has 2 nitrogen and oxygen atoms in total. The summed E-state index contributed by atoms with van der Waals surface area (Å²) in [5.74, 6) is 0.840. The predicted molar refractivity (Wildman–Crippen MR) is 68.7 cm³/mol. The molecule has 1 aliphatic rings. The molecule has 1 aliphatic heterocycles. The summed E-state index contributed by atoms with van der Waals surface area (Å²) < 4.78 is 5.38. The maximum Gasteiger partial charge on any atom is 0.0480 e. The van der Waals surface area contributed by atoms with E-state index in [2.05, 4.69) is 34.8 Å². The fraction of sp³-hybridized carbons (Fsp3) is 1.00. The number of halogens is 1. The molecule has 0 N–H and O–H groups in total. The quantitative estimate of drug-likeness (QED) is 0.693. The zero-order valence-corrected chi connectivity index (χ0v) is 11.6. The van der Waals surface area contributed by atoms with E-state index in [1.165, 1.54) is 32.2 Å². The van der Waals surface area contributed by atoms with Crippen LogP contribution in [0.1, 0.15) is 32.6 Å². The molecule has 0 spiro atoms. The second-order valence-electron chi connectivity index (χ2n) is 4.70. The van der Waals surface area contributed by atoms with Gasteiger partial charge >= 0.3 is 0 Å². The smallest absolute Gasteiger partial charge is 0.0480 e. The van der Waals surface area contributed by atoms with E-state index < -0.39 is 0 Å². The summed E-state index contributed by atoms with van der Waals surface area (Å²) in [5, 5.41) is 1.13. The molecule has 90 valence electrons. The summed E-state index contributed by atoms with van der Waals surface area (Å²) in [4.78, 5) is 2.52. The van der Waals surface area contributed by atoms with Crippen LogP contribution in [0.5, 0.6) is 0 Å². The highest BCUT2D eigenvalue weighted by Gasteiger charge is 2.18. The third-order valence-corrected chi connectivity index (χ3v) is 3.85. The molecule has 1 saturated heterocycles. The Bertz CT molecular complexity index is 160. The number of alkyl halides is 1. The van der Waals surface area contributed by atoms with Crippen molar-refractivity contribution in [3.8, 4) is 0 Å². The second-order valence-corrected chi connectivity index (χ2v) is 5.49. The average molecular weight is 278 g/mol. The zero-order valence-electron chi connectivity index (χ0n) is 10.0. The van der Waals surface area contributed by atoms with Crippen LogP contribution in [0, 0.1) is 5.92 Å². The number of rotatable bonds is 6. The Morgan fingerprint density at radius 3 is 2.60 bits per heavy atom. The maximum atomic E-state index is 5.38. The highest BCUT2D eigenvalue weighted by molar-refractivity contribution is 9.09. The lowest BCUT2D eigenvalue weighted by Gasteiger charge is -2.31. The summed E-state index contributed by atoms with van der Waals surface area (Å²) in [6, 6.07) is 0.759. The minimum atomic E-state index is 0.759. The summed E-state index contributed by atoms with van der Waals surface area (Å²) in [7, 11) is 2.26. The highest BCUT2D eigenvalue weighted by atomic mass is 79.9. The molecule has 0 radical (unpaired) electrons. The van der Waals surface area contributed by atoms with Gasteiger partial charge in [0, 0.05) is 24.6 Å². The number of ether oxygens (including phenoxy) is 1. The Kier molecular flexibility index (Phi) is 6.86. The highest BCUT2D eigenvalue weighted by Crippen LogP contribution is 2.15. The van der Waals surface area contributed by atoms with Crippen LogP contribution in [0.3, 0.4) is 0 Å². The van der Waals surface area contributed by atoms with Crippen LogP contribution < -0.4 is 0 Å². The molecule has 0 amide bonds. The van der Waals surface area contributed by atoms with E-state index in [0.29, 0.717) is 0 Å².